The lowest BCUT2D eigenvalue weighted by Crippen LogP contribution is -2.25. The second-order valence-corrected chi connectivity index (χ2v) is 3.14. The largest absolute Gasteiger partial charge is 0.508 e. The van der Waals surface area contributed by atoms with E-state index in [2.05, 4.69) is 0 Å². The summed E-state index contributed by atoms with van der Waals surface area (Å²) in [6, 6.07) is 6.46. The second kappa shape index (κ2) is 4.62. The third-order valence-electron chi connectivity index (χ3n) is 2.05. The lowest BCUT2D eigenvalue weighted by Gasteiger charge is -2.09. The highest BCUT2D eigenvalue weighted by atomic mass is 16.4. The summed E-state index contributed by atoms with van der Waals surface area (Å²) in [6.45, 7) is 0.121. The fourth-order valence-corrected chi connectivity index (χ4v) is 1.19. The number of nitrogens with two attached hydrogens (primary N) is 1. The zero-order valence-corrected chi connectivity index (χ0v) is 7.68. The normalized spacial score (nSPS) is 12.4. The molecule has 1 unspecified atom stereocenters. The molecule has 1 aromatic carbocycles. The molecule has 0 saturated heterocycles. The molecule has 14 heavy (non-hydrogen) atoms. The predicted octanol–water partition coefficient (Wildman–Crippen LogP) is 0.594. The van der Waals surface area contributed by atoms with Gasteiger partial charge >= 0.3 is 5.97 Å². The lowest BCUT2D eigenvalue weighted by atomic mass is 10.00. The van der Waals surface area contributed by atoms with E-state index in [0.717, 1.165) is 5.56 Å². The van der Waals surface area contributed by atoms with Gasteiger partial charge in [0.15, 0.2) is 0 Å². The van der Waals surface area contributed by atoms with Crippen LogP contribution in [-0.2, 0) is 11.2 Å². The van der Waals surface area contributed by atoms with Crippen molar-refractivity contribution in [3.8, 4) is 5.75 Å². The molecular formula is C10H13NO3. The van der Waals surface area contributed by atoms with Crippen molar-refractivity contribution >= 4 is 5.97 Å². The smallest absolute Gasteiger partial charge is 0.308 e. The number of phenolic OH excluding ortho intramolecular Hbond substituents is 1. The fourth-order valence-electron chi connectivity index (χ4n) is 1.19. The third kappa shape index (κ3) is 2.74. The molecule has 1 aromatic rings. The summed E-state index contributed by atoms with van der Waals surface area (Å²) >= 11 is 0. The molecular weight excluding hydrogens is 182 g/mol. The third-order valence-corrected chi connectivity index (χ3v) is 2.05. The highest BCUT2D eigenvalue weighted by molar-refractivity contribution is 5.70. The van der Waals surface area contributed by atoms with Gasteiger partial charge in [0.05, 0.1) is 5.92 Å². The molecule has 4 heteroatoms. The zero-order chi connectivity index (χ0) is 10.6. The molecule has 0 aliphatic rings. The molecule has 0 aliphatic heterocycles. The number of hydrogen-bond donors (Lipinski definition) is 3. The molecule has 0 radical (unpaired) electrons. The van der Waals surface area contributed by atoms with Crippen molar-refractivity contribution in [1.29, 1.82) is 0 Å². The van der Waals surface area contributed by atoms with Gasteiger partial charge in [-0.25, -0.2) is 0 Å². The summed E-state index contributed by atoms with van der Waals surface area (Å²) in [7, 11) is 0. The van der Waals surface area contributed by atoms with Crippen LogP contribution in [-0.4, -0.2) is 22.7 Å². The van der Waals surface area contributed by atoms with E-state index >= 15 is 0 Å². The average molecular weight is 195 g/mol. The van der Waals surface area contributed by atoms with E-state index in [1.807, 2.05) is 0 Å². The van der Waals surface area contributed by atoms with Gasteiger partial charge < -0.3 is 15.9 Å². The Labute approximate surface area is 82.0 Å². The van der Waals surface area contributed by atoms with E-state index < -0.39 is 11.9 Å². The maximum absolute atomic E-state index is 10.7. The van der Waals surface area contributed by atoms with Gasteiger partial charge in [0, 0.05) is 6.54 Å². The van der Waals surface area contributed by atoms with Crippen molar-refractivity contribution in [3.05, 3.63) is 29.8 Å². The number of aromatic hydroxyl groups is 1. The van der Waals surface area contributed by atoms with Crippen molar-refractivity contribution in [2.75, 3.05) is 6.54 Å². The standard InChI is InChI=1S/C10H13NO3/c11-6-8(10(13)14)5-7-1-3-9(12)4-2-7/h1-4,8,12H,5-6,11H2,(H,13,14). The van der Waals surface area contributed by atoms with Crippen LogP contribution in [0, 0.1) is 5.92 Å². The lowest BCUT2D eigenvalue weighted by molar-refractivity contribution is -0.141. The van der Waals surface area contributed by atoms with Gasteiger partial charge in [0.25, 0.3) is 0 Å². The van der Waals surface area contributed by atoms with E-state index in [9.17, 15) is 4.79 Å². The Balaban J connectivity index is 2.67. The van der Waals surface area contributed by atoms with E-state index in [4.69, 9.17) is 15.9 Å². The predicted molar refractivity (Wildman–Crippen MR) is 52.0 cm³/mol. The van der Waals surface area contributed by atoms with Crippen LogP contribution >= 0.6 is 0 Å². The number of aliphatic carboxylic acids is 1. The molecule has 0 bridgehead atoms. The number of carboxylic acid groups (broad SMARTS) is 1. The molecule has 0 aromatic heterocycles. The Morgan fingerprint density at radius 2 is 1.93 bits per heavy atom. The van der Waals surface area contributed by atoms with Crippen molar-refractivity contribution in [2.24, 2.45) is 11.7 Å². The number of phenols is 1. The van der Waals surface area contributed by atoms with Crippen LogP contribution in [0.15, 0.2) is 24.3 Å². The number of rotatable bonds is 4. The fraction of sp³-hybridized carbons (Fsp3) is 0.300. The Morgan fingerprint density at radius 3 is 2.36 bits per heavy atom. The topological polar surface area (TPSA) is 83.5 Å². The summed E-state index contributed by atoms with van der Waals surface area (Å²) in [4.78, 5) is 10.7. The minimum atomic E-state index is -0.888. The highest BCUT2D eigenvalue weighted by Gasteiger charge is 2.15. The quantitative estimate of drug-likeness (QED) is 0.656. The molecule has 0 spiro atoms. The number of carbonyl (C=O) groups is 1. The van der Waals surface area contributed by atoms with Crippen molar-refractivity contribution in [2.45, 2.75) is 6.42 Å². The average Bonchev–Trinajstić information content (AvgIpc) is 2.16. The maximum atomic E-state index is 10.7. The van der Waals surface area contributed by atoms with Gasteiger partial charge in [0.1, 0.15) is 5.75 Å². The van der Waals surface area contributed by atoms with Gasteiger partial charge in [-0.1, -0.05) is 12.1 Å². The summed E-state index contributed by atoms with van der Waals surface area (Å²) in [6.07, 6.45) is 0.395. The second-order valence-electron chi connectivity index (χ2n) is 3.14. The molecule has 0 amide bonds. The molecule has 76 valence electrons. The summed E-state index contributed by atoms with van der Waals surface area (Å²) in [5.74, 6) is -1.27. The van der Waals surface area contributed by atoms with Crippen molar-refractivity contribution in [3.63, 3.8) is 0 Å². The SMILES string of the molecule is NCC(Cc1ccc(O)cc1)C(=O)O. The minimum Gasteiger partial charge on any atom is -0.508 e. The Morgan fingerprint density at radius 1 is 1.36 bits per heavy atom. The molecule has 4 nitrogen and oxygen atoms in total. The van der Waals surface area contributed by atoms with E-state index in [1.165, 1.54) is 12.1 Å². The molecule has 1 atom stereocenters. The molecule has 4 N–H and O–H groups in total. The first-order valence-electron chi connectivity index (χ1n) is 4.34. The molecule has 0 heterocycles. The van der Waals surface area contributed by atoms with E-state index in [-0.39, 0.29) is 12.3 Å². The van der Waals surface area contributed by atoms with Gasteiger partial charge in [-0.2, -0.15) is 0 Å². The van der Waals surface area contributed by atoms with E-state index in [0.29, 0.717) is 6.42 Å². The van der Waals surface area contributed by atoms with Crippen LogP contribution in [0.2, 0.25) is 0 Å². The van der Waals surface area contributed by atoms with Crippen molar-refractivity contribution < 1.29 is 15.0 Å². The summed E-state index contributed by atoms with van der Waals surface area (Å²) in [5.41, 5.74) is 6.18. The zero-order valence-electron chi connectivity index (χ0n) is 7.68. The summed E-state index contributed by atoms with van der Waals surface area (Å²) < 4.78 is 0. The Hall–Kier alpha value is -1.55. The number of benzene rings is 1. The van der Waals surface area contributed by atoms with Gasteiger partial charge in [-0.15, -0.1) is 0 Å². The van der Waals surface area contributed by atoms with Crippen LogP contribution < -0.4 is 5.73 Å². The van der Waals surface area contributed by atoms with Crippen LogP contribution in [0.1, 0.15) is 5.56 Å². The number of hydrogen-bond acceptors (Lipinski definition) is 3. The number of carboxylic acids is 1. The van der Waals surface area contributed by atoms with Crippen LogP contribution in [0.4, 0.5) is 0 Å². The van der Waals surface area contributed by atoms with Crippen LogP contribution in [0.5, 0.6) is 5.75 Å². The molecule has 0 aliphatic carbocycles. The first-order valence-corrected chi connectivity index (χ1v) is 4.34. The monoisotopic (exact) mass is 195 g/mol. The molecule has 1 rings (SSSR count). The molecule has 0 fully saturated rings. The Bertz CT molecular complexity index is 308. The van der Waals surface area contributed by atoms with Crippen LogP contribution in [0.25, 0.3) is 0 Å². The molecule has 0 saturated carbocycles. The van der Waals surface area contributed by atoms with Gasteiger partial charge in [-0.3, -0.25) is 4.79 Å². The van der Waals surface area contributed by atoms with Crippen molar-refractivity contribution in [1.82, 2.24) is 0 Å². The van der Waals surface area contributed by atoms with Crippen LogP contribution in [0.3, 0.4) is 0 Å². The van der Waals surface area contributed by atoms with E-state index in [1.54, 1.807) is 12.1 Å². The summed E-state index contributed by atoms with van der Waals surface area (Å²) in [5, 5.41) is 17.8. The Kier molecular flexibility index (Phi) is 3.48. The maximum Gasteiger partial charge on any atom is 0.308 e. The first-order chi connectivity index (χ1) is 6.63. The first kappa shape index (κ1) is 10.5. The van der Waals surface area contributed by atoms with Gasteiger partial charge in [0.2, 0.25) is 0 Å². The highest BCUT2D eigenvalue weighted by Crippen LogP contribution is 2.13. The van der Waals surface area contributed by atoms with Gasteiger partial charge in [-0.05, 0) is 24.1 Å². The minimum absolute atomic E-state index is 0.121.